The van der Waals surface area contributed by atoms with Crippen molar-refractivity contribution in [3.63, 3.8) is 0 Å². The number of nitrogens with one attached hydrogen (secondary N) is 2. The number of thiazole rings is 1. The Morgan fingerprint density at radius 3 is 2.66 bits per heavy atom. The third-order valence-corrected chi connectivity index (χ3v) is 9.79. The van der Waals surface area contributed by atoms with Gasteiger partial charge in [-0.2, -0.15) is 0 Å². The highest BCUT2D eigenvalue weighted by atomic mass is 32.2. The lowest BCUT2D eigenvalue weighted by Crippen LogP contribution is -2.52. The number of hydrogen-bond donors (Lipinski definition) is 2. The number of rotatable bonds is 9. The molecular weight excluding hydrogens is 530 g/mol. The first-order valence-corrected chi connectivity index (χ1v) is 14.9. The zero-order valence-electron chi connectivity index (χ0n) is 20.7. The van der Waals surface area contributed by atoms with Gasteiger partial charge in [0.25, 0.3) is 5.91 Å². The fourth-order valence-corrected chi connectivity index (χ4v) is 7.14. The second-order valence-corrected chi connectivity index (χ2v) is 12.7. The smallest absolute Gasteiger partial charge is 0.281 e. The lowest BCUT2D eigenvalue weighted by atomic mass is 9.82. The van der Waals surface area contributed by atoms with Crippen molar-refractivity contribution >= 4 is 33.1 Å². The molecule has 2 aliphatic heterocycles. The van der Waals surface area contributed by atoms with Crippen LogP contribution in [0, 0.1) is 0 Å². The van der Waals surface area contributed by atoms with Gasteiger partial charge in [0.05, 0.1) is 52.6 Å². The number of carbonyl (C=O) groups excluding carboxylic acids is 1. The molecule has 1 aliphatic carbocycles. The average Bonchev–Trinajstić information content (AvgIpc) is 3.56. The average molecular weight is 558 g/mol. The molecule has 1 saturated carbocycles. The maximum atomic E-state index is 13.5. The molecule has 14 heteroatoms. The summed E-state index contributed by atoms with van der Waals surface area (Å²) in [7, 11) is -3.49. The van der Waals surface area contributed by atoms with Crippen molar-refractivity contribution in [2.45, 2.75) is 68.4 Å². The van der Waals surface area contributed by atoms with E-state index in [1.54, 1.807) is 18.5 Å². The van der Waals surface area contributed by atoms with Gasteiger partial charge in [0.2, 0.25) is 15.9 Å². The Kier molecular flexibility index (Phi) is 6.48. The van der Waals surface area contributed by atoms with Crippen LogP contribution in [0.2, 0.25) is 0 Å². The molecule has 6 rings (SSSR count). The first-order valence-electron chi connectivity index (χ1n) is 12.6. The number of ether oxygens (including phenoxy) is 2. The van der Waals surface area contributed by atoms with Crippen LogP contribution in [0.25, 0.3) is 10.6 Å². The van der Waals surface area contributed by atoms with Gasteiger partial charge >= 0.3 is 0 Å². The van der Waals surface area contributed by atoms with Gasteiger partial charge in [0.15, 0.2) is 5.01 Å². The number of nitrogens with zero attached hydrogens (tertiary/aromatic N) is 5. The van der Waals surface area contributed by atoms with Crippen LogP contribution in [0.3, 0.4) is 0 Å². The highest BCUT2D eigenvalue weighted by Crippen LogP contribution is 2.44. The number of amides is 1. The molecule has 0 aromatic carbocycles. The number of aromatic nitrogens is 5. The van der Waals surface area contributed by atoms with Gasteiger partial charge in [0.1, 0.15) is 17.8 Å². The maximum Gasteiger partial charge on any atom is 0.281 e. The first kappa shape index (κ1) is 25.1. The molecule has 0 radical (unpaired) electrons. The van der Waals surface area contributed by atoms with Crippen LogP contribution in [0.5, 0.6) is 5.88 Å². The van der Waals surface area contributed by atoms with Crippen molar-refractivity contribution in [1.29, 1.82) is 0 Å². The molecule has 5 heterocycles. The fourth-order valence-electron chi connectivity index (χ4n) is 5.05. The Morgan fingerprint density at radius 1 is 1.13 bits per heavy atom. The topological polar surface area (TPSA) is 158 Å². The van der Waals surface area contributed by atoms with Crippen molar-refractivity contribution in [3.05, 3.63) is 41.7 Å². The summed E-state index contributed by atoms with van der Waals surface area (Å²) < 4.78 is 39.1. The highest BCUT2D eigenvalue weighted by Gasteiger charge is 2.48. The summed E-state index contributed by atoms with van der Waals surface area (Å²) in [5, 5.41) is 3.07. The van der Waals surface area contributed by atoms with Crippen LogP contribution in [-0.4, -0.2) is 63.3 Å². The van der Waals surface area contributed by atoms with Gasteiger partial charge in [-0.25, -0.2) is 28.4 Å². The normalized spacial score (nSPS) is 24.7. The number of sulfonamides is 1. The Morgan fingerprint density at radius 2 is 1.92 bits per heavy atom. The van der Waals surface area contributed by atoms with E-state index < -0.39 is 15.6 Å². The van der Waals surface area contributed by atoms with Crippen LogP contribution < -0.4 is 14.8 Å². The number of hydrogen-bond acceptors (Lipinski definition) is 11. The molecule has 200 valence electrons. The van der Waals surface area contributed by atoms with E-state index in [4.69, 9.17) is 9.47 Å². The molecule has 1 amide bonds. The van der Waals surface area contributed by atoms with E-state index in [-0.39, 0.29) is 34.2 Å². The third kappa shape index (κ3) is 5.07. The van der Waals surface area contributed by atoms with Crippen LogP contribution >= 0.6 is 11.3 Å². The van der Waals surface area contributed by atoms with Crippen molar-refractivity contribution < 1.29 is 22.7 Å². The quantitative estimate of drug-likeness (QED) is 0.401. The molecule has 38 heavy (non-hydrogen) atoms. The monoisotopic (exact) mass is 557 g/mol. The molecule has 3 aromatic heterocycles. The van der Waals surface area contributed by atoms with Crippen molar-refractivity contribution in [1.82, 2.24) is 30.2 Å². The second-order valence-electron chi connectivity index (χ2n) is 9.74. The van der Waals surface area contributed by atoms with Crippen LogP contribution in [0.4, 0.5) is 5.82 Å². The summed E-state index contributed by atoms with van der Waals surface area (Å²) >= 11 is 1.20. The van der Waals surface area contributed by atoms with Crippen molar-refractivity contribution in [2.24, 2.45) is 0 Å². The summed E-state index contributed by atoms with van der Waals surface area (Å²) in [5.74, 6) is 0.242. The second kappa shape index (κ2) is 9.82. The Labute approximate surface area is 223 Å². The minimum Gasteiger partial charge on any atom is -0.477 e. The summed E-state index contributed by atoms with van der Waals surface area (Å²) in [6, 6.07) is 1.62. The Hall–Kier alpha value is -3.23. The van der Waals surface area contributed by atoms with Gasteiger partial charge < -0.3 is 14.8 Å². The number of anilines is 1. The predicted octanol–water partition coefficient (Wildman–Crippen LogP) is 2.66. The lowest BCUT2D eigenvalue weighted by Gasteiger charge is -2.40. The number of fused-ring (bicyclic) bond motifs is 2. The van der Waals surface area contributed by atoms with Crippen molar-refractivity contribution in [2.75, 3.05) is 11.3 Å². The molecule has 3 fully saturated rings. The van der Waals surface area contributed by atoms with Gasteiger partial charge in [-0.3, -0.25) is 14.5 Å². The highest BCUT2D eigenvalue weighted by molar-refractivity contribution is 7.93. The first-order chi connectivity index (χ1) is 18.3. The van der Waals surface area contributed by atoms with E-state index >= 15 is 0 Å². The Balaban J connectivity index is 1.28. The maximum absolute atomic E-state index is 13.5. The zero-order valence-corrected chi connectivity index (χ0v) is 22.3. The third-order valence-electron chi connectivity index (χ3n) is 6.93. The molecule has 3 aliphatic rings. The summed E-state index contributed by atoms with van der Waals surface area (Å²) in [4.78, 5) is 35.8. The van der Waals surface area contributed by atoms with E-state index in [9.17, 15) is 13.2 Å². The van der Waals surface area contributed by atoms with Crippen molar-refractivity contribution in [3.8, 4) is 16.5 Å². The van der Waals surface area contributed by atoms with E-state index in [1.807, 2.05) is 6.92 Å². The molecular formula is C24H27N7O5S2. The summed E-state index contributed by atoms with van der Waals surface area (Å²) in [5.41, 5.74) is 0.251. The van der Waals surface area contributed by atoms with E-state index in [0.717, 1.165) is 12.8 Å². The fraction of sp³-hybridized carbons (Fsp3) is 0.500. The van der Waals surface area contributed by atoms with Gasteiger partial charge in [0, 0.05) is 25.1 Å². The van der Waals surface area contributed by atoms with E-state index in [2.05, 4.69) is 35.0 Å². The molecule has 12 nitrogen and oxygen atoms in total. The SMILES string of the molecule is CCOc1cncc(-c2cnc(C(=O)NC3(c4cc(NS(=O)(=O)C5CC5)ncn4)C[C@H]4CC[C@@H](C3)O4)s2)n1. The molecule has 2 bridgehead atoms. The molecule has 0 spiro atoms. The molecule has 3 atom stereocenters. The van der Waals surface area contributed by atoms with E-state index in [1.165, 1.54) is 23.9 Å². The molecule has 3 aromatic rings. The minimum absolute atomic E-state index is 0.0287. The lowest BCUT2D eigenvalue weighted by molar-refractivity contribution is -0.0399. The van der Waals surface area contributed by atoms with Gasteiger partial charge in [-0.05, 0) is 32.6 Å². The Bertz CT molecular complexity index is 1450. The number of carbonyl (C=O) groups is 1. The van der Waals surface area contributed by atoms with E-state index in [0.29, 0.717) is 54.4 Å². The van der Waals surface area contributed by atoms with Crippen LogP contribution in [0.1, 0.15) is 60.9 Å². The molecule has 1 unspecified atom stereocenters. The van der Waals surface area contributed by atoms with Crippen LogP contribution in [-0.2, 0) is 20.3 Å². The molecule has 2 N–H and O–H groups in total. The largest absolute Gasteiger partial charge is 0.477 e. The summed E-state index contributed by atoms with van der Waals surface area (Å²) in [6.07, 6.45) is 10.1. The summed E-state index contributed by atoms with van der Waals surface area (Å²) in [6.45, 7) is 2.33. The van der Waals surface area contributed by atoms with Gasteiger partial charge in [-0.1, -0.05) is 0 Å². The zero-order chi connectivity index (χ0) is 26.3. The predicted molar refractivity (Wildman–Crippen MR) is 138 cm³/mol. The van der Waals surface area contributed by atoms with Crippen LogP contribution in [0.15, 0.2) is 31.0 Å². The molecule has 2 saturated heterocycles. The minimum atomic E-state index is -3.49. The van der Waals surface area contributed by atoms with Gasteiger partial charge in [-0.15, -0.1) is 11.3 Å². The standard InChI is InChI=1S/C24H27N7O5S2/c1-2-35-21-12-25-10-17(29-21)18-11-26-23(37-18)22(32)30-24(8-14-3-4-15(9-24)36-14)19-7-20(28-13-27-19)31-38(33,34)16-5-6-16/h7,10-16H,2-6,8-9H2,1H3,(H,30,32)(H,27,28,31)/t14-,15+,24?.